The van der Waals surface area contributed by atoms with Gasteiger partial charge in [-0.05, 0) is 18.6 Å². The van der Waals surface area contributed by atoms with E-state index in [2.05, 4.69) is 14.9 Å². The third-order valence-corrected chi connectivity index (χ3v) is 4.91. The Morgan fingerprint density at radius 1 is 1.17 bits per heavy atom. The third kappa shape index (κ3) is 6.13. The van der Waals surface area contributed by atoms with E-state index in [-0.39, 0.29) is 36.9 Å². The van der Waals surface area contributed by atoms with Crippen LogP contribution in [0.25, 0.3) is 0 Å². The maximum absolute atomic E-state index is 13.6. The molecular formula is C13H21Cl2F2N3O2S. The Morgan fingerprint density at radius 2 is 1.78 bits per heavy atom. The van der Waals surface area contributed by atoms with E-state index < -0.39 is 26.6 Å². The van der Waals surface area contributed by atoms with Gasteiger partial charge in [0.1, 0.15) is 16.5 Å². The summed E-state index contributed by atoms with van der Waals surface area (Å²) in [7, 11) is -3.96. The van der Waals surface area contributed by atoms with Crippen molar-refractivity contribution in [1.82, 2.24) is 14.9 Å². The van der Waals surface area contributed by atoms with Crippen LogP contribution >= 0.6 is 24.8 Å². The highest BCUT2D eigenvalue weighted by Gasteiger charge is 2.21. The van der Waals surface area contributed by atoms with Gasteiger partial charge in [0.2, 0.25) is 10.0 Å². The number of hydrogen-bond acceptors (Lipinski definition) is 4. The second-order valence-electron chi connectivity index (χ2n) is 5.02. The average Bonchev–Trinajstić information content (AvgIpc) is 2.43. The Balaban J connectivity index is 0.00000242. The van der Waals surface area contributed by atoms with Crippen LogP contribution in [0.3, 0.4) is 0 Å². The highest BCUT2D eigenvalue weighted by Crippen LogP contribution is 2.18. The molecule has 0 atom stereocenters. The summed E-state index contributed by atoms with van der Waals surface area (Å²) in [5.74, 6) is -1.83. The number of rotatable bonds is 5. The van der Waals surface area contributed by atoms with Crippen LogP contribution in [0.5, 0.6) is 0 Å². The lowest BCUT2D eigenvalue weighted by Gasteiger charge is -2.27. The van der Waals surface area contributed by atoms with Crippen LogP contribution in [-0.4, -0.2) is 52.6 Å². The fourth-order valence-corrected chi connectivity index (χ4v) is 3.35. The molecule has 5 nitrogen and oxygen atoms in total. The minimum Gasteiger partial charge on any atom is -0.314 e. The molecule has 0 aliphatic carbocycles. The van der Waals surface area contributed by atoms with Crippen LogP contribution in [0, 0.1) is 18.6 Å². The molecule has 0 bridgehead atoms. The molecule has 0 radical (unpaired) electrons. The quantitative estimate of drug-likeness (QED) is 0.793. The summed E-state index contributed by atoms with van der Waals surface area (Å²) in [6.07, 6.45) is 0. The van der Waals surface area contributed by atoms with Crippen molar-refractivity contribution in [3.8, 4) is 0 Å². The van der Waals surface area contributed by atoms with Crippen LogP contribution in [-0.2, 0) is 10.0 Å². The molecule has 0 spiro atoms. The van der Waals surface area contributed by atoms with E-state index >= 15 is 0 Å². The zero-order chi connectivity index (χ0) is 15.5. The van der Waals surface area contributed by atoms with Crippen LogP contribution in [0.15, 0.2) is 17.0 Å². The summed E-state index contributed by atoms with van der Waals surface area (Å²) in [5, 5.41) is 3.20. The number of halogens is 4. The molecule has 1 aromatic rings. The van der Waals surface area contributed by atoms with E-state index in [4.69, 9.17) is 0 Å². The first-order chi connectivity index (χ1) is 9.90. The number of benzene rings is 1. The molecule has 1 saturated heterocycles. The number of sulfonamides is 1. The summed E-state index contributed by atoms with van der Waals surface area (Å²) in [5.41, 5.74) is 0.0962. The number of hydrogen-bond donors (Lipinski definition) is 2. The van der Waals surface area contributed by atoms with E-state index in [9.17, 15) is 17.2 Å². The zero-order valence-corrected chi connectivity index (χ0v) is 15.1. The lowest BCUT2D eigenvalue weighted by molar-refractivity contribution is 0.245. The Morgan fingerprint density at radius 3 is 2.39 bits per heavy atom. The average molecular weight is 392 g/mol. The number of aryl methyl sites for hydroxylation is 1. The van der Waals surface area contributed by atoms with Gasteiger partial charge in [-0.15, -0.1) is 24.8 Å². The maximum Gasteiger partial charge on any atom is 0.243 e. The second-order valence-corrected chi connectivity index (χ2v) is 6.76. The number of nitrogens with zero attached hydrogens (tertiary/aromatic N) is 1. The van der Waals surface area contributed by atoms with Gasteiger partial charge >= 0.3 is 0 Å². The molecule has 0 aromatic heterocycles. The van der Waals surface area contributed by atoms with Gasteiger partial charge in [-0.2, -0.15) is 0 Å². The molecule has 1 aliphatic rings. The topological polar surface area (TPSA) is 61.4 Å². The summed E-state index contributed by atoms with van der Waals surface area (Å²) >= 11 is 0. The van der Waals surface area contributed by atoms with Crippen LogP contribution in [0.2, 0.25) is 0 Å². The summed E-state index contributed by atoms with van der Waals surface area (Å²) in [6, 6.07) is 1.61. The van der Waals surface area contributed by atoms with Gasteiger partial charge < -0.3 is 5.32 Å². The molecule has 1 heterocycles. The smallest absolute Gasteiger partial charge is 0.243 e. The molecule has 2 N–H and O–H groups in total. The molecule has 1 aromatic carbocycles. The van der Waals surface area contributed by atoms with Crippen molar-refractivity contribution >= 4 is 34.8 Å². The first kappa shape index (κ1) is 22.5. The maximum atomic E-state index is 13.6. The van der Waals surface area contributed by atoms with Crippen molar-refractivity contribution in [1.29, 1.82) is 0 Å². The van der Waals surface area contributed by atoms with Crippen molar-refractivity contribution < 1.29 is 17.2 Å². The van der Waals surface area contributed by atoms with E-state index in [1.165, 1.54) is 6.92 Å². The Kier molecular flexibility index (Phi) is 9.49. The first-order valence-corrected chi connectivity index (χ1v) is 8.27. The van der Waals surface area contributed by atoms with Crippen molar-refractivity contribution in [3.63, 3.8) is 0 Å². The summed E-state index contributed by atoms with van der Waals surface area (Å²) < 4.78 is 53.3. The van der Waals surface area contributed by atoms with Gasteiger partial charge in [-0.3, -0.25) is 4.90 Å². The summed E-state index contributed by atoms with van der Waals surface area (Å²) in [6.45, 7) is 5.60. The van der Waals surface area contributed by atoms with Gasteiger partial charge in [0.15, 0.2) is 0 Å². The Bertz CT molecular complexity index is 611. The Hall–Kier alpha value is -0.510. The van der Waals surface area contributed by atoms with E-state index in [0.29, 0.717) is 12.6 Å². The molecule has 134 valence electrons. The second kappa shape index (κ2) is 9.71. The molecule has 0 unspecified atom stereocenters. The minimum absolute atomic E-state index is 0. The van der Waals surface area contributed by atoms with E-state index in [0.717, 1.165) is 32.2 Å². The predicted octanol–water partition coefficient (Wildman–Crippen LogP) is 1.30. The molecule has 1 fully saturated rings. The first-order valence-electron chi connectivity index (χ1n) is 6.78. The molecule has 0 amide bonds. The third-order valence-electron chi connectivity index (χ3n) is 3.43. The van der Waals surface area contributed by atoms with Crippen LogP contribution in [0.1, 0.15) is 5.56 Å². The van der Waals surface area contributed by atoms with Crippen LogP contribution in [0.4, 0.5) is 8.78 Å². The monoisotopic (exact) mass is 391 g/mol. The van der Waals surface area contributed by atoms with Gasteiger partial charge in [0.25, 0.3) is 0 Å². The van der Waals surface area contributed by atoms with E-state index in [1.54, 1.807) is 0 Å². The highest BCUT2D eigenvalue weighted by atomic mass is 35.5. The highest BCUT2D eigenvalue weighted by molar-refractivity contribution is 7.89. The van der Waals surface area contributed by atoms with E-state index in [1.807, 2.05) is 0 Å². The normalized spacial score (nSPS) is 15.6. The van der Waals surface area contributed by atoms with Gasteiger partial charge in [0.05, 0.1) is 0 Å². The molecule has 1 aliphatic heterocycles. The van der Waals surface area contributed by atoms with Crippen molar-refractivity contribution in [2.75, 3.05) is 39.3 Å². The fraction of sp³-hybridized carbons (Fsp3) is 0.538. The lowest BCUT2D eigenvalue weighted by atomic mass is 10.2. The fourth-order valence-electron chi connectivity index (χ4n) is 2.19. The van der Waals surface area contributed by atoms with Crippen molar-refractivity contribution in [3.05, 3.63) is 29.3 Å². The van der Waals surface area contributed by atoms with Gasteiger partial charge in [-0.1, -0.05) is 0 Å². The minimum atomic E-state index is -3.96. The number of nitrogens with one attached hydrogen (secondary N) is 2. The largest absolute Gasteiger partial charge is 0.314 e. The zero-order valence-electron chi connectivity index (χ0n) is 12.6. The predicted molar refractivity (Wildman–Crippen MR) is 90.1 cm³/mol. The van der Waals surface area contributed by atoms with Crippen LogP contribution < -0.4 is 10.0 Å². The molecule has 10 heteroatoms. The molecular weight excluding hydrogens is 371 g/mol. The van der Waals surface area contributed by atoms with Crippen molar-refractivity contribution in [2.24, 2.45) is 0 Å². The van der Waals surface area contributed by atoms with Crippen molar-refractivity contribution in [2.45, 2.75) is 11.8 Å². The Labute approximate surface area is 147 Å². The summed E-state index contributed by atoms with van der Waals surface area (Å²) in [4.78, 5) is 1.60. The molecule has 0 saturated carbocycles. The standard InChI is InChI=1S/C13H19F2N3O2S.2ClH/c1-10-8-13(12(15)9-11(10)14)21(19,20)17-4-7-18-5-2-16-3-6-18;;/h8-9,16-17H,2-7H2,1H3;2*1H. The van der Waals surface area contributed by atoms with Gasteiger partial charge in [0, 0.05) is 45.3 Å². The number of piperazine rings is 1. The lowest BCUT2D eigenvalue weighted by Crippen LogP contribution is -2.46. The van der Waals surface area contributed by atoms with Gasteiger partial charge in [-0.25, -0.2) is 21.9 Å². The SMILES string of the molecule is Cc1cc(S(=O)(=O)NCCN2CCNCC2)c(F)cc1F.Cl.Cl. The molecule has 2 rings (SSSR count). The molecule has 23 heavy (non-hydrogen) atoms.